The topological polar surface area (TPSA) is 69.6 Å². The van der Waals surface area contributed by atoms with Crippen LogP contribution >= 0.6 is 11.8 Å². The number of halogens is 1. The number of benzene rings is 2. The SMILES string of the molecule is CCc1nnc(CSc2nnc(-c3ccc(F)cc3)n2Cc2ccccc2)o1. The van der Waals surface area contributed by atoms with Crippen LogP contribution < -0.4 is 0 Å². The second kappa shape index (κ2) is 8.35. The highest BCUT2D eigenvalue weighted by atomic mass is 32.2. The zero-order chi connectivity index (χ0) is 19.3. The molecule has 0 fully saturated rings. The maximum Gasteiger partial charge on any atom is 0.226 e. The van der Waals surface area contributed by atoms with Crippen molar-refractivity contribution < 1.29 is 8.81 Å². The molecule has 0 aliphatic carbocycles. The summed E-state index contributed by atoms with van der Waals surface area (Å²) < 4.78 is 20.9. The molecule has 0 spiro atoms. The smallest absolute Gasteiger partial charge is 0.226 e. The molecule has 4 rings (SSSR count). The zero-order valence-electron chi connectivity index (χ0n) is 15.2. The monoisotopic (exact) mass is 395 g/mol. The molecular formula is C20H18FN5OS. The van der Waals surface area contributed by atoms with Crippen LogP contribution in [0.25, 0.3) is 11.4 Å². The first-order valence-corrected chi connectivity index (χ1v) is 9.88. The third-order valence-corrected chi connectivity index (χ3v) is 5.09. The number of nitrogens with zero attached hydrogens (tertiary/aromatic N) is 5. The predicted octanol–water partition coefficient (Wildman–Crippen LogP) is 4.37. The average Bonchev–Trinajstić information content (AvgIpc) is 3.35. The van der Waals surface area contributed by atoms with Gasteiger partial charge in [0.15, 0.2) is 11.0 Å². The number of hydrogen-bond acceptors (Lipinski definition) is 6. The molecule has 2 heterocycles. The van der Waals surface area contributed by atoms with Gasteiger partial charge in [-0.15, -0.1) is 20.4 Å². The molecule has 8 heteroatoms. The summed E-state index contributed by atoms with van der Waals surface area (Å²) >= 11 is 1.48. The van der Waals surface area contributed by atoms with Gasteiger partial charge in [-0.1, -0.05) is 49.0 Å². The Morgan fingerprint density at radius 1 is 0.929 bits per heavy atom. The summed E-state index contributed by atoms with van der Waals surface area (Å²) in [6, 6.07) is 16.3. The molecule has 2 aromatic carbocycles. The van der Waals surface area contributed by atoms with E-state index in [9.17, 15) is 4.39 Å². The number of aromatic nitrogens is 5. The Labute approximate surface area is 165 Å². The number of aryl methyl sites for hydroxylation is 1. The van der Waals surface area contributed by atoms with Crippen LogP contribution in [0.4, 0.5) is 4.39 Å². The van der Waals surface area contributed by atoms with Crippen LogP contribution in [0.15, 0.2) is 64.2 Å². The largest absolute Gasteiger partial charge is 0.424 e. The second-order valence-electron chi connectivity index (χ2n) is 6.12. The van der Waals surface area contributed by atoms with E-state index >= 15 is 0 Å². The third kappa shape index (κ3) is 4.12. The summed E-state index contributed by atoms with van der Waals surface area (Å²) in [5.41, 5.74) is 1.93. The van der Waals surface area contributed by atoms with Crippen LogP contribution in [-0.2, 0) is 18.7 Å². The Morgan fingerprint density at radius 3 is 2.39 bits per heavy atom. The summed E-state index contributed by atoms with van der Waals surface area (Å²) in [7, 11) is 0. The van der Waals surface area contributed by atoms with E-state index in [4.69, 9.17) is 4.42 Å². The highest BCUT2D eigenvalue weighted by Crippen LogP contribution is 2.27. The minimum atomic E-state index is -0.282. The van der Waals surface area contributed by atoms with E-state index in [0.717, 1.165) is 16.3 Å². The van der Waals surface area contributed by atoms with Crippen LogP contribution in [0.2, 0.25) is 0 Å². The lowest BCUT2D eigenvalue weighted by Crippen LogP contribution is -2.04. The van der Waals surface area contributed by atoms with E-state index < -0.39 is 0 Å². The molecule has 2 aromatic heterocycles. The fourth-order valence-electron chi connectivity index (χ4n) is 2.73. The van der Waals surface area contributed by atoms with Gasteiger partial charge < -0.3 is 4.42 Å². The summed E-state index contributed by atoms with van der Waals surface area (Å²) in [5.74, 6) is 2.08. The quantitative estimate of drug-likeness (QED) is 0.433. The Bertz CT molecular complexity index is 1050. The third-order valence-electron chi connectivity index (χ3n) is 4.14. The maximum atomic E-state index is 13.3. The molecule has 28 heavy (non-hydrogen) atoms. The Balaban J connectivity index is 1.64. The van der Waals surface area contributed by atoms with Crippen molar-refractivity contribution in [2.24, 2.45) is 0 Å². The first-order valence-electron chi connectivity index (χ1n) is 8.90. The molecule has 0 bridgehead atoms. The fourth-order valence-corrected chi connectivity index (χ4v) is 3.51. The van der Waals surface area contributed by atoms with E-state index in [0.29, 0.717) is 36.3 Å². The Hall–Kier alpha value is -3.00. The molecule has 0 unspecified atom stereocenters. The van der Waals surface area contributed by atoms with Gasteiger partial charge in [0.05, 0.1) is 12.3 Å². The van der Waals surface area contributed by atoms with E-state index in [1.165, 1.54) is 23.9 Å². The van der Waals surface area contributed by atoms with E-state index in [-0.39, 0.29) is 5.82 Å². The van der Waals surface area contributed by atoms with Crippen LogP contribution in [0.1, 0.15) is 24.3 Å². The summed E-state index contributed by atoms with van der Waals surface area (Å²) in [6.07, 6.45) is 0.705. The van der Waals surface area contributed by atoms with Crippen molar-refractivity contribution >= 4 is 11.8 Å². The highest BCUT2D eigenvalue weighted by molar-refractivity contribution is 7.98. The van der Waals surface area contributed by atoms with Gasteiger partial charge in [-0.25, -0.2) is 4.39 Å². The molecule has 0 saturated carbocycles. The van der Waals surface area contributed by atoms with Gasteiger partial charge in [-0.3, -0.25) is 4.57 Å². The Kier molecular flexibility index (Phi) is 5.48. The second-order valence-corrected chi connectivity index (χ2v) is 7.06. The van der Waals surface area contributed by atoms with Crippen molar-refractivity contribution in [3.05, 3.63) is 77.8 Å². The molecule has 0 N–H and O–H groups in total. The van der Waals surface area contributed by atoms with Crippen LogP contribution in [0.3, 0.4) is 0 Å². The van der Waals surface area contributed by atoms with Gasteiger partial charge in [0.25, 0.3) is 0 Å². The van der Waals surface area contributed by atoms with Gasteiger partial charge in [0, 0.05) is 12.0 Å². The first kappa shape index (κ1) is 18.4. The molecular weight excluding hydrogens is 377 g/mol. The van der Waals surface area contributed by atoms with Crippen molar-refractivity contribution in [3.63, 3.8) is 0 Å². The first-order chi connectivity index (χ1) is 13.7. The lowest BCUT2D eigenvalue weighted by molar-refractivity contribution is 0.469. The molecule has 0 aliphatic rings. The van der Waals surface area contributed by atoms with E-state index in [1.54, 1.807) is 12.1 Å². The lowest BCUT2D eigenvalue weighted by atomic mass is 10.2. The van der Waals surface area contributed by atoms with Gasteiger partial charge in [-0.05, 0) is 29.8 Å². The van der Waals surface area contributed by atoms with Crippen molar-refractivity contribution in [2.75, 3.05) is 0 Å². The van der Waals surface area contributed by atoms with Crippen LogP contribution in [0, 0.1) is 5.82 Å². The molecule has 6 nitrogen and oxygen atoms in total. The van der Waals surface area contributed by atoms with E-state index in [1.807, 2.05) is 29.7 Å². The van der Waals surface area contributed by atoms with Gasteiger partial charge in [0.2, 0.25) is 11.8 Å². The number of hydrogen-bond donors (Lipinski definition) is 0. The van der Waals surface area contributed by atoms with Crippen LogP contribution in [-0.4, -0.2) is 25.0 Å². The zero-order valence-corrected chi connectivity index (χ0v) is 16.1. The van der Waals surface area contributed by atoms with Crippen LogP contribution in [0.5, 0.6) is 0 Å². The molecule has 0 amide bonds. The maximum absolute atomic E-state index is 13.3. The van der Waals surface area contributed by atoms with Crippen molar-refractivity contribution in [2.45, 2.75) is 30.8 Å². The minimum absolute atomic E-state index is 0.282. The number of thioether (sulfide) groups is 1. The van der Waals surface area contributed by atoms with Crippen molar-refractivity contribution in [3.8, 4) is 11.4 Å². The lowest BCUT2D eigenvalue weighted by Gasteiger charge is -2.10. The van der Waals surface area contributed by atoms with Gasteiger partial charge in [-0.2, -0.15) is 0 Å². The standard InChI is InChI=1S/C20H18FN5OS/c1-2-17-22-23-18(27-17)13-28-20-25-24-19(15-8-10-16(21)11-9-15)26(20)12-14-6-4-3-5-7-14/h3-11H,2,12-13H2,1H3. The molecule has 0 aliphatic heterocycles. The minimum Gasteiger partial charge on any atom is -0.424 e. The Morgan fingerprint density at radius 2 is 1.68 bits per heavy atom. The highest BCUT2D eigenvalue weighted by Gasteiger charge is 2.16. The van der Waals surface area contributed by atoms with Crippen molar-refractivity contribution in [1.29, 1.82) is 0 Å². The average molecular weight is 395 g/mol. The molecule has 0 saturated heterocycles. The van der Waals surface area contributed by atoms with Gasteiger partial charge in [0.1, 0.15) is 5.82 Å². The van der Waals surface area contributed by atoms with Crippen molar-refractivity contribution in [1.82, 2.24) is 25.0 Å². The molecule has 142 valence electrons. The van der Waals surface area contributed by atoms with Gasteiger partial charge >= 0.3 is 0 Å². The summed E-state index contributed by atoms with van der Waals surface area (Å²) in [6.45, 7) is 2.57. The number of rotatable bonds is 7. The molecule has 4 aromatic rings. The normalized spacial score (nSPS) is 11.1. The summed E-state index contributed by atoms with van der Waals surface area (Å²) in [4.78, 5) is 0. The predicted molar refractivity (Wildman–Crippen MR) is 104 cm³/mol. The fraction of sp³-hybridized carbons (Fsp3) is 0.200. The molecule has 0 radical (unpaired) electrons. The van der Waals surface area contributed by atoms with E-state index in [2.05, 4.69) is 32.5 Å². The molecule has 0 atom stereocenters. The summed E-state index contributed by atoms with van der Waals surface area (Å²) in [5, 5.41) is 17.5.